The zero-order chi connectivity index (χ0) is 22.9. The van der Waals surface area contributed by atoms with E-state index in [-0.39, 0.29) is 29.2 Å². The summed E-state index contributed by atoms with van der Waals surface area (Å²) in [6.45, 7) is 1.64. The molecule has 0 radical (unpaired) electrons. The van der Waals surface area contributed by atoms with Crippen molar-refractivity contribution in [1.82, 2.24) is 9.47 Å². The fourth-order valence-corrected chi connectivity index (χ4v) is 4.99. The molecule has 2 atom stereocenters. The lowest BCUT2D eigenvalue weighted by atomic mass is 9.82. The van der Waals surface area contributed by atoms with Gasteiger partial charge in [0, 0.05) is 48.4 Å². The predicted molar refractivity (Wildman–Crippen MR) is 125 cm³/mol. The number of ether oxygens (including phenoxy) is 1. The molecule has 3 heterocycles. The van der Waals surface area contributed by atoms with Crippen LogP contribution < -0.4 is 15.6 Å². The Labute approximate surface area is 191 Å². The molecule has 7 heteroatoms. The van der Waals surface area contributed by atoms with Gasteiger partial charge in [-0.2, -0.15) is 0 Å². The van der Waals surface area contributed by atoms with Crippen molar-refractivity contribution in [1.29, 1.82) is 0 Å². The van der Waals surface area contributed by atoms with E-state index in [0.29, 0.717) is 42.2 Å². The van der Waals surface area contributed by atoms with Crippen molar-refractivity contribution >= 4 is 17.5 Å². The molecule has 5 rings (SSSR count). The third-order valence-corrected chi connectivity index (χ3v) is 6.50. The van der Waals surface area contributed by atoms with Gasteiger partial charge in [0.05, 0.1) is 12.8 Å². The molecule has 1 saturated heterocycles. The van der Waals surface area contributed by atoms with Gasteiger partial charge in [0.2, 0.25) is 0 Å². The van der Waals surface area contributed by atoms with Crippen LogP contribution in [0.3, 0.4) is 0 Å². The minimum absolute atomic E-state index is 0.0281. The molecule has 7 nitrogen and oxygen atoms in total. The second kappa shape index (κ2) is 8.58. The topological polar surface area (TPSA) is 80.6 Å². The number of pyridine rings is 1. The summed E-state index contributed by atoms with van der Waals surface area (Å²) in [6, 6.07) is 19.3. The average Bonchev–Trinajstić information content (AvgIpc) is 2.85. The van der Waals surface area contributed by atoms with Gasteiger partial charge in [0.25, 0.3) is 17.4 Å². The van der Waals surface area contributed by atoms with E-state index in [2.05, 4.69) is 5.32 Å². The summed E-state index contributed by atoms with van der Waals surface area (Å²) in [7, 11) is 1.59. The van der Waals surface area contributed by atoms with Crippen molar-refractivity contribution in [2.75, 3.05) is 25.5 Å². The fourth-order valence-electron chi connectivity index (χ4n) is 4.99. The number of aromatic nitrogens is 1. The maximum Gasteiger partial charge on any atom is 0.255 e. The zero-order valence-electron chi connectivity index (χ0n) is 18.4. The Morgan fingerprint density at radius 1 is 0.909 bits per heavy atom. The van der Waals surface area contributed by atoms with Gasteiger partial charge in [-0.15, -0.1) is 0 Å². The molecule has 2 aromatic carbocycles. The van der Waals surface area contributed by atoms with E-state index in [1.165, 1.54) is 6.07 Å². The molecule has 1 N–H and O–H groups in total. The maximum absolute atomic E-state index is 13.2. The van der Waals surface area contributed by atoms with E-state index in [1.807, 2.05) is 23.1 Å². The van der Waals surface area contributed by atoms with Crippen LogP contribution in [0.5, 0.6) is 5.75 Å². The number of likely N-dealkylation sites (tertiary alicyclic amines) is 1. The van der Waals surface area contributed by atoms with Crippen LogP contribution in [0.15, 0.2) is 71.5 Å². The highest BCUT2D eigenvalue weighted by atomic mass is 16.5. The summed E-state index contributed by atoms with van der Waals surface area (Å²) in [6.07, 6.45) is 0.879. The van der Waals surface area contributed by atoms with Crippen LogP contribution in [0.1, 0.15) is 38.7 Å². The van der Waals surface area contributed by atoms with Crippen LogP contribution in [-0.4, -0.2) is 41.5 Å². The Kier molecular flexibility index (Phi) is 5.46. The van der Waals surface area contributed by atoms with Gasteiger partial charge in [-0.3, -0.25) is 14.4 Å². The lowest BCUT2D eigenvalue weighted by molar-refractivity contribution is 0.0595. The van der Waals surface area contributed by atoms with Gasteiger partial charge in [0.1, 0.15) is 5.75 Å². The largest absolute Gasteiger partial charge is 0.497 e. The molecule has 1 fully saturated rings. The number of carbonyl (C=O) groups is 2. The molecule has 3 aromatic rings. The van der Waals surface area contributed by atoms with Crippen molar-refractivity contribution in [3.8, 4) is 5.75 Å². The van der Waals surface area contributed by atoms with Crippen LogP contribution in [0.25, 0.3) is 0 Å². The summed E-state index contributed by atoms with van der Waals surface area (Å²) in [5.41, 5.74) is 2.52. The van der Waals surface area contributed by atoms with Gasteiger partial charge in [-0.1, -0.05) is 18.2 Å². The Bertz CT molecular complexity index is 1250. The van der Waals surface area contributed by atoms with Crippen LogP contribution in [0, 0.1) is 5.92 Å². The Hall–Kier alpha value is -3.87. The Balaban J connectivity index is 1.43. The van der Waals surface area contributed by atoms with E-state index in [1.54, 1.807) is 54.1 Å². The monoisotopic (exact) mass is 443 g/mol. The predicted octanol–water partition coefficient (Wildman–Crippen LogP) is 3.37. The minimum Gasteiger partial charge on any atom is -0.497 e. The van der Waals surface area contributed by atoms with E-state index in [9.17, 15) is 14.4 Å². The van der Waals surface area contributed by atoms with Crippen molar-refractivity contribution < 1.29 is 14.3 Å². The first-order chi connectivity index (χ1) is 16.0. The molecule has 2 aliphatic rings. The smallest absolute Gasteiger partial charge is 0.255 e. The molecule has 0 spiro atoms. The number of benzene rings is 2. The summed E-state index contributed by atoms with van der Waals surface area (Å²) in [5, 5.41) is 2.99. The molecule has 168 valence electrons. The summed E-state index contributed by atoms with van der Waals surface area (Å²) in [5.74, 6) is 0.611. The van der Waals surface area contributed by atoms with E-state index >= 15 is 0 Å². The Morgan fingerprint density at radius 2 is 1.67 bits per heavy atom. The quantitative estimate of drug-likeness (QED) is 0.671. The third-order valence-electron chi connectivity index (χ3n) is 6.50. The fraction of sp³-hybridized carbons (Fsp3) is 0.269. The van der Waals surface area contributed by atoms with E-state index < -0.39 is 0 Å². The number of anilines is 1. The van der Waals surface area contributed by atoms with Gasteiger partial charge in [0.15, 0.2) is 0 Å². The normalized spacial score (nSPS) is 18.9. The second-order valence-electron chi connectivity index (χ2n) is 8.64. The maximum atomic E-state index is 13.2. The van der Waals surface area contributed by atoms with Gasteiger partial charge >= 0.3 is 0 Å². The molecule has 2 bridgehead atoms. The highest BCUT2D eigenvalue weighted by Crippen LogP contribution is 2.39. The molecule has 0 unspecified atom stereocenters. The molecule has 0 saturated carbocycles. The van der Waals surface area contributed by atoms with E-state index in [4.69, 9.17) is 4.74 Å². The second-order valence-corrected chi connectivity index (χ2v) is 8.64. The minimum atomic E-state index is -0.221. The first-order valence-corrected chi connectivity index (χ1v) is 11.1. The molecule has 1 aromatic heterocycles. The third kappa shape index (κ3) is 4.02. The number of methoxy groups -OCH3 is 1. The van der Waals surface area contributed by atoms with Crippen molar-refractivity contribution in [2.24, 2.45) is 5.92 Å². The van der Waals surface area contributed by atoms with Crippen LogP contribution in [-0.2, 0) is 6.54 Å². The first kappa shape index (κ1) is 21.0. The zero-order valence-corrected chi connectivity index (χ0v) is 18.4. The number of fused-ring (bicyclic) bond motifs is 4. The summed E-state index contributed by atoms with van der Waals surface area (Å²) >= 11 is 0. The number of hydrogen-bond donors (Lipinski definition) is 1. The van der Waals surface area contributed by atoms with Crippen molar-refractivity contribution in [2.45, 2.75) is 18.9 Å². The molecule has 2 aliphatic heterocycles. The van der Waals surface area contributed by atoms with Gasteiger partial charge in [-0.25, -0.2) is 0 Å². The standard InChI is InChI=1S/C26H25N3O4/c1-33-21-9-7-19(8-10-21)26(32)28-14-17-13-20(16-28)24-22(11-12-23(30)29(24)15-17)27-25(31)18-5-3-2-4-6-18/h2-12,17,20H,13-16H2,1H3,(H,27,31)/t17-,20+/m0/s1. The van der Waals surface area contributed by atoms with Gasteiger partial charge < -0.3 is 19.5 Å². The van der Waals surface area contributed by atoms with Crippen molar-refractivity contribution in [3.05, 3.63) is 93.9 Å². The number of nitrogens with one attached hydrogen (secondary N) is 1. The van der Waals surface area contributed by atoms with E-state index in [0.717, 1.165) is 12.1 Å². The number of piperidine rings is 1. The SMILES string of the molecule is COc1ccc(C(=O)N2C[C@@H]3C[C@H](C2)c2c(NC(=O)c4ccccc4)ccc(=O)n2C3)cc1. The molecular weight excluding hydrogens is 418 g/mol. The number of hydrogen-bond acceptors (Lipinski definition) is 4. The lowest BCUT2D eigenvalue weighted by Gasteiger charge is -2.43. The van der Waals surface area contributed by atoms with Gasteiger partial charge in [-0.05, 0) is 54.8 Å². The molecule has 2 amide bonds. The first-order valence-electron chi connectivity index (χ1n) is 11.1. The number of carbonyl (C=O) groups excluding carboxylic acids is 2. The number of rotatable bonds is 4. The summed E-state index contributed by atoms with van der Waals surface area (Å²) < 4.78 is 6.96. The highest BCUT2D eigenvalue weighted by molar-refractivity contribution is 6.04. The van der Waals surface area contributed by atoms with Crippen LogP contribution >= 0.6 is 0 Å². The summed E-state index contributed by atoms with van der Waals surface area (Å²) in [4.78, 5) is 40.5. The average molecular weight is 444 g/mol. The molecule has 33 heavy (non-hydrogen) atoms. The van der Waals surface area contributed by atoms with Crippen molar-refractivity contribution in [3.63, 3.8) is 0 Å². The number of amides is 2. The Morgan fingerprint density at radius 3 is 2.39 bits per heavy atom. The lowest BCUT2D eigenvalue weighted by Crippen LogP contribution is -2.49. The molecule has 0 aliphatic carbocycles. The highest BCUT2D eigenvalue weighted by Gasteiger charge is 2.38. The van der Waals surface area contributed by atoms with Crippen LogP contribution in [0.2, 0.25) is 0 Å². The van der Waals surface area contributed by atoms with Crippen LogP contribution in [0.4, 0.5) is 5.69 Å². The molecular formula is C26H25N3O4. The number of nitrogens with zero attached hydrogens (tertiary/aromatic N) is 2.